The van der Waals surface area contributed by atoms with Gasteiger partial charge in [0.2, 0.25) is 0 Å². The molecule has 10 heteroatoms. The third kappa shape index (κ3) is 4.39. The van der Waals surface area contributed by atoms with Gasteiger partial charge >= 0.3 is 5.91 Å². The Morgan fingerprint density at radius 3 is 2.65 bits per heavy atom. The van der Waals surface area contributed by atoms with Crippen molar-refractivity contribution in [2.24, 2.45) is 0 Å². The van der Waals surface area contributed by atoms with E-state index in [-0.39, 0.29) is 23.6 Å². The number of thiophene rings is 1. The van der Waals surface area contributed by atoms with Crippen molar-refractivity contribution in [3.8, 4) is 16.3 Å². The van der Waals surface area contributed by atoms with Crippen LogP contribution in [0.5, 0.6) is 5.75 Å². The van der Waals surface area contributed by atoms with Crippen molar-refractivity contribution in [1.82, 2.24) is 21.0 Å². The number of rotatable bonds is 6. The van der Waals surface area contributed by atoms with Crippen LogP contribution in [0.3, 0.4) is 0 Å². The number of nitrogens with zero attached hydrogens (tertiary/aromatic N) is 2. The number of hydrogen-bond donors (Lipinski definition) is 2. The standard InChI is InChI=1S/C24H18N4O5S/c1-14-21-17(12-18(20-8-5-11-34-20)25-24(21)33-28-14)22(29)26-27-23(30)19-10-9-16(32-19)13-31-15-6-3-2-4-7-15/h2-12H,13H2,1H3,(H,26,29)(H,27,30). The van der Waals surface area contributed by atoms with Crippen LogP contribution in [-0.4, -0.2) is 22.0 Å². The number of para-hydroxylation sites is 1. The predicted molar refractivity (Wildman–Crippen MR) is 124 cm³/mol. The zero-order chi connectivity index (χ0) is 23.5. The average molecular weight is 474 g/mol. The molecule has 0 atom stereocenters. The molecule has 4 heterocycles. The van der Waals surface area contributed by atoms with Crippen LogP contribution in [0.1, 0.15) is 32.4 Å². The van der Waals surface area contributed by atoms with E-state index in [0.717, 1.165) is 4.88 Å². The second-order valence-corrected chi connectivity index (χ2v) is 8.20. The Bertz CT molecular complexity index is 1460. The number of benzene rings is 1. The Balaban J connectivity index is 1.28. The third-order valence-electron chi connectivity index (χ3n) is 4.93. The molecule has 0 aliphatic heterocycles. The molecule has 0 spiro atoms. The van der Waals surface area contributed by atoms with Crippen molar-refractivity contribution in [2.75, 3.05) is 0 Å². The van der Waals surface area contributed by atoms with Gasteiger partial charge in [0.05, 0.1) is 27.2 Å². The number of hydrazine groups is 1. The minimum Gasteiger partial charge on any atom is -0.486 e. The molecule has 0 radical (unpaired) electrons. The van der Waals surface area contributed by atoms with Gasteiger partial charge in [-0.1, -0.05) is 29.4 Å². The van der Waals surface area contributed by atoms with Crippen molar-refractivity contribution in [3.63, 3.8) is 0 Å². The van der Waals surface area contributed by atoms with Gasteiger partial charge in [-0.15, -0.1) is 11.3 Å². The van der Waals surface area contributed by atoms with Gasteiger partial charge in [0.15, 0.2) is 5.76 Å². The number of aryl methyl sites for hydroxylation is 1. The summed E-state index contributed by atoms with van der Waals surface area (Å²) in [7, 11) is 0. The number of carbonyl (C=O) groups excluding carboxylic acids is 2. The topological polar surface area (TPSA) is 119 Å². The van der Waals surface area contributed by atoms with Gasteiger partial charge in [0.1, 0.15) is 18.1 Å². The molecule has 0 bridgehead atoms. The molecule has 4 aromatic heterocycles. The highest BCUT2D eigenvalue weighted by Gasteiger charge is 2.21. The first kappa shape index (κ1) is 21.4. The summed E-state index contributed by atoms with van der Waals surface area (Å²) in [4.78, 5) is 30.8. The molecule has 34 heavy (non-hydrogen) atoms. The summed E-state index contributed by atoms with van der Waals surface area (Å²) in [6, 6.07) is 17.8. The summed E-state index contributed by atoms with van der Waals surface area (Å²) in [5.41, 5.74) is 6.41. The van der Waals surface area contributed by atoms with Gasteiger partial charge in [-0.25, -0.2) is 4.98 Å². The highest BCUT2D eigenvalue weighted by atomic mass is 32.1. The molecular weight excluding hydrogens is 456 g/mol. The fourth-order valence-electron chi connectivity index (χ4n) is 3.32. The fraction of sp³-hybridized carbons (Fsp3) is 0.0833. The van der Waals surface area contributed by atoms with Crippen LogP contribution in [0.4, 0.5) is 0 Å². The lowest BCUT2D eigenvalue weighted by atomic mass is 10.1. The second-order valence-electron chi connectivity index (χ2n) is 7.26. The third-order valence-corrected chi connectivity index (χ3v) is 5.83. The maximum atomic E-state index is 13.0. The zero-order valence-electron chi connectivity index (χ0n) is 17.9. The lowest BCUT2D eigenvalue weighted by molar-refractivity contribution is 0.0829. The molecule has 170 valence electrons. The van der Waals surface area contributed by atoms with E-state index in [1.807, 2.05) is 47.8 Å². The van der Waals surface area contributed by atoms with E-state index < -0.39 is 11.8 Å². The molecule has 1 aromatic carbocycles. The van der Waals surface area contributed by atoms with Crippen molar-refractivity contribution >= 4 is 34.3 Å². The first-order chi connectivity index (χ1) is 16.6. The van der Waals surface area contributed by atoms with Crippen LogP contribution in [-0.2, 0) is 6.61 Å². The van der Waals surface area contributed by atoms with Crippen LogP contribution in [0, 0.1) is 6.92 Å². The number of pyridine rings is 1. The van der Waals surface area contributed by atoms with E-state index in [9.17, 15) is 9.59 Å². The summed E-state index contributed by atoms with van der Waals surface area (Å²) in [5, 5.41) is 6.31. The lowest BCUT2D eigenvalue weighted by Crippen LogP contribution is -2.41. The summed E-state index contributed by atoms with van der Waals surface area (Å²) < 4.78 is 16.4. The maximum Gasteiger partial charge on any atom is 0.305 e. The van der Waals surface area contributed by atoms with Crippen LogP contribution >= 0.6 is 11.3 Å². The highest BCUT2D eigenvalue weighted by Crippen LogP contribution is 2.29. The number of aromatic nitrogens is 2. The first-order valence-electron chi connectivity index (χ1n) is 10.3. The van der Waals surface area contributed by atoms with Crippen LogP contribution in [0.15, 0.2) is 75.0 Å². The van der Waals surface area contributed by atoms with Crippen molar-refractivity contribution in [2.45, 2.75) is 13.5 Å². The SMILES string of the molecule is Cc1noc2nc(-c3cccs3)cc(C(=O)NNC(=O)c3ccc(COc4ccccc4)o3)c12. The van der Waals surface area contributed by atoms with Gasteiger partial charge in [-0.05, 0) is 48.7 Å². The molecule has 2 N–H and O–H groups in total. The van der Waals surface area contributed by atoms with Crippen LogP contribution < -0.4 is 15.6 Å². The zero-order valence-corrected chi connectivity index (χ0v) is 18.7. The van der Waals surface area contributed by atoms with Gasteiger partial charge in [0.25, 0.3) is 11.6 Å². The highest BCUT2D eigenvalue weighted by molar-refractivity contribution is 7.13. The predicted octanol–water partition coefficient (Wildman–Crippen LogP) is 4.51. The van der Waals surface area contributed by atoms with Gasteiger partial charge < -0.3 is 13.7 Å². The molecule has 0 fully saturated rings. The summed E-state index contributed by atoms with van der Waals surface area (Å²) >= 11 is 1.48. The number of ether oxygens (including phenoxy) is 1. The van der Waals surface area contributed by atoms with E-state index in [0.29, 0.717) is 28.3 Å². The molecule has 0 aliphatic carbocycles. The molecule has 0 saturated carbocycles. The van der Waals surface area contributed by atoms with E-state index >= 15 is 0 Å². The van der Waals surface area contributed by atoms with Gasteiger partial charge in [-0.2, -0.15) is 0 Å². The normalized spacial score (nSPS) is 10.9. The largest absolute Gasteiger partial charge is 0.486 e. The molecule has 2 amide bonds. The number of hydrogen-bond acceptors (Lipinski definition) is 8. The number of fused-ring (bicyclic) bond motifs is 1. The number of furan rings is 1. The quantitative estimate of drug-likeness (QED) is 0.348. The monoisotopic (exact) mass is 474 g/mol. The Labute approximate surface area is 197 Å². The molecule has 5 rings (SSSR count). The number of carbonyl (C=O) groups is 2. The van der Waals surface area contributed by atoms with E-state index in [1.54, 1.807) is 19.1 Å². The fourth-order valence-corrected chi connectivity index (χ4v) is 4.00. The second kappa shape index (κ2) is 9.20. The summed E-state index contributed by atoms with van der Waals surface area (Å²) in [6.07, 6.45) is 0. The van der Waals surface area contributed by atoms with Gasteiger partial charge in [0, 0.05) is 0 Å². The first-order valence-corrected chi connectivity index (χ1v) is 11.1. The minimum absolute atomic E-state index is 0.0345. The molecule has 9 nitrogen and oxygen atoms in total. The molecular formula is C24H18N4O5S. The molecule has 0 saturated heterocycles. The Hall–Kier alpha value is -4.44. The van der Waals surface area contributed by atoms with E-state index in [2.05, 4.69) is 21.0 Å². The van der Waals surface area contributed by atoms with E-state index in [1.165, 1.54) is 17.4 Å². The molecule has 5 aromatic rings. The number of amides is 2. The van der Waals surface area contributed by atoms with Crippen LogP contribution in [0.25, 0.3) is 21.7 Å². The van der Waals surface area contributed by atoms with Crippen molar-refractivity contribution in [3.05, 3.63) is 88.8 Å². The molecule has 0 unspecified atom stereocenters. The van der Waals surface area contributed by atoms with Crippen molar-refractivity contribution in [1.29, 1.82) is 0 Å². The Morgan fingerprint density at radius 1 is 1.03 bits per heavy atom. The maximum absolute atomic E-state index is 13.0. The van der Waals surface area contributed by atoms with Crippen LogP contribution in [0.2, 0.25) is 0 Å². The average Bonchev–Trinajstić information content (AvgIpc) is 3.63. The lowest BCUT2D eigenvalue weighted by Gasteiger charge is -2.08. The van der Waals surface area contributed by atoms with Gasteiger partial charge in [-0.3, -0.25) is 20.4 Å². The number of nitrogens with one attached hydrogen (secondary N) is 2. The Kier molecular flexibility index (Phi) is 5.79. The Morgan fingerprint density at radius 2 is 1.85 bits per heavy atom. The molecule has 0 aliphatic rings. The van der Waals surface area contributed by atoms with Crippen molar-refractivity contribution < 1.29 is 23.3 Å². The van der Waals surface area contributed by atoms with E-state index in [4.69, 9.17) is 13.7 Å². The smallest absolute Gasteiger partial charge is 0.305 e. The summed E-state index contributed by atoms with van der Waals surface area (Å²) in [6.45, 7) is 1.88. The summed E-state index contributed by atoms with van der Waals surface area (Å²) in [5.74, 6) is 0.0464. The minimum atomic E-state index is -0.606.